The van der Waals surface area contributed by atoms with E-state index in [4.69, 9.17) is 21.3 Å². The van der Waals surface area contributed by atoms with Crippen LogP contribution in [0.15, 0.2) is 58.5 Å². The predicted molar refractivity (Wildman–Crippen MR) is 131 cm³/mol. The lowest BCUT2D eigenvalue weighted by Gasteiger charge is -2.12. The first-order valence-corrected chi connectivity index (χ1v) is 12.4. The molecule has 0 amide bonds. The van der Waals surface area contributed by atoms with Crippen molar-refractivity contribution in [2.24, 2.45) is 0 Å². The Kier molecular flexibility index (Phi) is 7.17. The molecular formula is C24H20ClFN2O3S2. The zero-order chi connectivity index (χ0) is 23.5. The van der Waals surface area contributed by atoms with Crippen LogP contribution in [0.1, 0.15) is 33.3 Å². The highest BCUT2D eigenvalue weighted by molar-refractivity contribution is 7.98. The third-order valence-electron chi connectivity index (χ3n) is 4.99. The normalized spacial score (nSPS) is 11.2. The maximum Gasteiger partial charge on any atom is 0.348 e. The van der Waals surface area contributed by atoms with Crippen molar-refractivity contribution in [3.63, 3.8) is 0 Å². The van der Waals surface area contributed by atoms with Gasteiger partial charge in [-0.05, 0) is 54.8 Å². The third kappa shape index (κ3) is 5.13. The van der Waals surface area contributed by atoms with E-state index in [1.807, 2.05) is 18.2 Å². The van der Waals surface area contributed by atoms with Crippen molar-refractivity contribution in [3.05, 3.63) is 91.3 Å². The van der Waals surface area contributed by atoms with Gasteiger partial charge < -0.3 is 4.74 Å². The number of aryl methyl sites for hydroxylation is 1. The van der Waals surface area contributed by atoms with Gasteiger partial charge in [0.25, 0.3) is 5.56 Å². The second kappa shape index (κ2) is 10.1. The molecule has 0 spiro atoms. The summed E-state index contributed by atoms with van der Waals surface area (Å²) in [4.78, 5) is 31.6. The fourth-order valence-corrected chi connectivity index (χ4v) is 5.66. The first-order valence-electron chi connectivity index (χ1n) is 10.2. The predicted octanol–water partition coefficient (Wildman–Crippen LogP) is 6.08. The van der Waals surface area contributed by atoms with E-state index in [-0.39, 0.29) is 24.5 Å². The van der Waals surface area contributed by atoms with Crippen LogP contribution < -0.4 is 5.56 Å². The van der Waals surface area contributed by atoms with E-state index in [2.05, 4.69) is 0 Å². The van der Waals surface area contributed by atoms with Crippen LogP contribution in [0.3, 0.4) is 0 Å². The van der Waals surface area contributed by atoms with E-state index in [1.165, 1.54) is 23.9 Å². The van der Waals surface area contributed by atoms with Crippen molar-refractivity contribution in [1.82, 2.24) is 9.55 Å². The molecule has 170 valence electrons. The molecule has 0 fully saturated rings. The molecule has 2 aromatic heterocycles. The molecule has 0 saturated carbocycles. The number of thiophene rings is 1. The Morgan fingerprint density at radius 2 is 1.97 bits per heavy atom. The van der Waals surface area contributed by atoms with Gasteiger partial charge in [-0.25, -0.2) is 14.2 Å². The van der Waals surface area contributed by atoms with Crippen LogP contribution >= 0.6 is 34.7 Å². The number of thioether (sulfide) groups is 1. The van der Waals surface area contributed by atoms with Gasteiger partial charge in [0.05, 0.1) is 18.5 Å². The number of fused-ring (bicyclic) bond motifs is 1. The van der Waals surface area contributed by atoms with E-state index in [1.54, 1.807) is 36.6 Å². The second-order valence-corrected chi connectivity index (χ2v) is 9.67. The summed E-state index contributed by atoms with van der Waals surface area (Å²) >= 11 is 8.67. The average Bonchev–Trinajstić information content (AvgIpc) is 3.12. The lowest BCUT2D eigenvalue weighted by atomic mass is 10.2. The highest BCUT2D eigenvalue weighted by Gasteiger charge is 2.22. The Labute approximate surface area is 203 Å². The molecule has 4 aromatic rings. The summed E-state index contributed by atoms with van der Waals surface area (Å²) < 4.78 is 20.1. The van der Waals surface area contributed by atoms with E-state index in [0.29, 0.717) is 36.6 Å². The topological polar surface area (TPSA) is 61.2 Å². The molecule has 0 atom stereocenters. The highest BCUT2D eigenvalue weighted by Crippen LogP contribution is 2.31. The Morgan fingerprint density at radius 3 is 2.67 bits per heavy atom. The zero-order valence-electron chi connectivity index (χ0n) is 17.9. The molecule has 0 radical (unpaired) electrons. The fourth-order valence-electron chi connectivity index (χ4n) is 3.39. The molecule has 5 nitrogen and oxygen atoms in total. The average molecular weight is 503 g/mol. The first-order chi connectivity index (χ1) is 15.9. The number of benzene rings is 2. The molecular weight excluding hydrogens is 483 g/mol. The summed E-state index contributed by atoms with van der Waals surface area (Å²) in [5.41, 5.74) is 2.07. The third-order valence-corrected chi connectivity index (χ3v) is 7.44. The molecule has 0 aliphatic carbocycles. The van der Waals surface area contributed by atoms with Gasteiger partial charge in [-0.15, -0.1) is 11.3 Å². The number of nitrogens with zero attached hydrogens (tertiary/aromatic N) is 2. The van der Waals surface area contributed by atoms with Gasteiger partial charge >= 0.3 is 5.97 Å². The number of carbonyl (C=O) groups is 1. The Morgan fingerprint density at radius 1 is 1.21 bits per heavy atom. The van der Waals surface area contributed by atoms with Crippen molar-refractivity contribution in [3.8, 4) is 0 Å². The standard InChI is InChI=1S/C24H20ClFN2O3S2/c1-3-31-23(30)20-14(2)19-21(33-20)27-24(32-13-16-5-4-6-17(25)11-16)28(22(19)29)12-15-7-9-18(26)10-8-15/h4-11H,3,12-13H2,1-2H3. The van der Waals surface area contributed by atoms with Crippen LogP contribution in [0.5, 0.6) is 0 Å². The summed E-state index contributed by atoms with van der Waals surface area (Å²) in [6.07, 6.45) is 0. The zero-order valence-corrected chi connectivity index (χ0v) is 20.3. The molecule has 0 bridgehead atoms. The van der Waals surface area contributed by atoms with Crippen LogP contribution in [-0.4, -0.2) is 22.1 Å². The van der Waals surface area contributed by atoms with Gasteiger partial charge in [0.1, 0.15) is 15.5 Å². The number of hydrogen-bond donors (Lipinski definition) is 0. The fraction of sp³-hybridized carbons (Fsp3) is 0.208. The molecule has 0 unspecified atom stereocenters. The molecule has 9 heteroatoms. The van der Waals surface area contributed by atoms with E-state index >= 15 is 0 Å². The van der Waals surface area contributed by atoms with Gasteiger partial charge in [0, 0.05) is 10.8 Å². The SMILES string of the molecule is CCOC(=O)c1sc2nc(SCc3cccc(Cl)c3)n(Cc3ccc(F)cc3)c(=O)c2c1C. The van der Waals surface area contributed by atoms with Crippen molar-refractivity contribution in [1.29, 1.82) is 0 Å². The van der Waals surface area contributed by atoms with Crippen molar-refractivity contribution in [2.45, 2.75) is 31.3 Å². The van der Waals surface area contributed by atoms with Crippen LogP contribution in [0, 0.1) is 12.7 Å². The number of aromatic nitrogens is 2. The molecule has 0 aliphatic rings. The molecule has 4 rings (SSSR count). The van der Waals surface area contributed by atoms with Gasteiger partial charge in [-0.1, -0.05) is 47.6 Å². The maximum absolute atomic E-state index is 13.6. The van der Waals surface area contributed by atoms with Gasteiger partial charge in [0.15, 0.2) is 5.16 Å². The largest absolute Gasteiger partial charge is 0.462 e. The Balaban J connectivity index is 1.80. The van der Waals surface area contributed by atoms with Gasteiger partial charge in [-0.3, -0.25) is 9.36 Å². The lowest BCUT2D eigenvalue weighted by molar-refractivity contribution is 0.0531. The van der Waals surface area contributed by atoms with Crippen LogP contribution in [-0.2, 0) is 17.0 Å². The summed E-state index contributed by atoms with van der Waals surface area (Å²) in [5.74, 6) is -0.254. The highest BCUT2D eigenvalue weighted by atomic mass is 35.5. The Bertz CT molecular complexity index is 1380. The van der Waals surface area contributed by atoms with Crippen LogP contribution in [0.25, 0.3) is 10.2 Å². The first kappa shape index (κ1) is 23.5. The summed E-state index contributed by atoms with van der Waals surface area (Å²) in [6, 6.07) is 13.5. The van der Waals surface area contributed by atoms with Crippen molar-refractivity contribution >= 4 is 50.9 Å². The number of ether oxygens (including phenoxy) is 1. The monoisotopic (exact) mass is 502 g/mol. The van der Waals surface area contributed by atoms with E-state index in [9.17, 15) is 14.0 Å². The molecule has 0 saturated heterocycles. The Hall–Kier alpha value is -2.68. The minimum Gasteiger partial charge on any atom is -0.462 e. The maximum atomic E-state index is 13.6. The molecule has 0 N–H and O–H groups in total. The summed E-state index contributed by atoms with van der Waals surface area (Å²) in [5, 5.41) is 1.54. The molecule has 0 aliphatic heterocycles. The number of halogens is 2. The van der Waals surface area contributed by atoms with Gasteiger partial charge in [0.2, 0.25) is 0 Å². The molecule has 2 heterocycles. The number of rotatable bonds is 7. The summed E-state index contributed by atoms with van der Waals surface area (Å²) in [7, 11) is 0. The minimum atomic E-state index is -0.462. The second-order valence-electron chi connectivity index (χ2n) is 7.29. The minimum absolute atomic E-state index is 0.226. The summed E-state index contributed by atoms with van der Waals surface area (Å²) in [6.45, 7) is 3.94. The lowest BCUT2D eigenvalue weighted by Crippen LogP contribution is -2.24. The number of carbonyl (C=O) groups excluding carboxylic acids is 1. The molecule has 2 aromatic carbocycles. The van der Waals surface area contributed by atoms with Crippen molar-refractivity contribution in [2.75, 3.05) is 6.61 Å². The van der Waals surface area contributed by atoms with Gasteiger partial charge in [-0.2, -0.15) is 0 Å². The number of esters is 1. The van der Waals surface area contributed by atoms with E-state index in [0.717, 1.165) is 22.5 Å². The quantitative estimate of drug-likeness (QED) is 0.174. The smallest absolute Gasteiger partial charge is 0.348 e. The van der Waals surface area contributed by atoms with Crippen LogP contribution in [0.4, 0.5) is 4.39 Å². The molecule has 33 heavy (non-hydrogen) atoms. The number of hydrogen-bond acceptors (Lipinski definition) is 6. The van der Waals surface area contributed by atoms with Crippen LogP contribution in [0.2, 0.25) is 5.02 Å². The van der Waals surface area contributed by atoms with Crippen molar-refractivity contribution < 1.29 is 13.9 Å². The van der Waals surface area contributed by atoms with E-state index < -0.39 is 5.97 Å².